The highest BCUT2D eigenvalue weighted by Gasteiger charge is 2.58. The first-order chi connectivity index (χ1) is 9.62. The fourth-order valence-corrected chi connectivity index (χ4v) is 3.55. The third-order valence-corrected chi connectivity index (χ3v) is 4.69. The van der Waals surface area contributed by atoms with E-state index < -0.39 is 0 Å². The Bertz CT molecular complexity index is 742. The Morgan fingerprint density at radius 3 is 2.75 bits per heavy atom. The van der Waals surface area contributed by atoms with Crippen LogP contribution >= 0.6 is 27.5 Å². The Morgan fingerprint density at radius 2 is 2.05 bits per heavy atom. The molecule has 1 aromatic carbocycles. The van der Waals surface area contributed by atoms with Gasteiger partial charge in [0.05, 0.1) is 17.4 Å². The van der Waals surface area contributed by atoms with Gasteiger partial charge >= 0.3 is 0 Å². The molecule has 1 aliphatic heterocycles. The van der Waals surface area contributed by atoms with Crippen LogP contribution < -0.4 is 4.90 Å². The zero-order chi connectivity index (χ0) is 13.9. The lowest BCUT2D eigenvalue weighted by atomic mass is 10.0. The molecule has 2 heterocycles. The van der Waals surface area contributed by atoms with Crippen molar-refractivity contribution in [1.82, 2.24) is 4.98 Å². The number of benzene rings is 1. The topological polar surface area (TPSA) is 33.2 Å². The zero-order valence-electron chi connectivity index (χ0n) is 10.4. The number of fused-ring (bicyclic) bond motifs is 2. The predicted octanol–water partition coefficient (Wildman–Crippen LogP) is 4.15. The number of pyridine rings is 1. The van der Waals surface area contributed by atoms with Gasteiger partial charge < -0.3 is 0 Å². The first-order valence-corrected chi connectivity index (χ1v) is 7.54. The molecule has 1 aromatic heterocycles. The Kier molecular flexibility index (Phi) is 2.51. The van der Waals surface area contributed by atoms with Crippen molar-refractivity contribution in [3.05, 3.63) is 57.3 Å². The van der Waals surface area contributed by atoms with E-state index in [0.717, 1.165) is 34.1 Å². The molecule has 1 spiro atoms. The largest absolute Gasteiger partial charge is 0.296 e. The molecule has 5 heteroatoms. The number of anilines is 1. The number of rotatable bonds is 1. The second-order valence-corrected chi connectivity index (χ2v) is 6.58. The van der Waals surface area contributed by atoms with Crippen LogP contribution in [0.2, 0.25) is 5.02 Å². The van der Waals surface area contributed by atoms with Crippen LogP contribution in [0.25, 0.3) is 0 Å². The summed E-state index contributed by atoms with van der Waals surface area (Å²) < 4.78 is 0.868. The monoisotopic (exact) mass is 348 g/mol. The average molecular weight is 350 g/mol. The van der Waals surface area contributed by atoms with Gasteiger partial charge in [-0.3, -0.25) is 14.7 Å². The number of hydrogen-bond donors (Lipinski definition) is 0. The molecule has 0 bridgehead atoms. The normalized spacial score (nSPS) is 18.5. The molecule has 1 fully saturated rings. The van der Waals surface area contributed by atoms with Crippen LogP contribution in [-0.4, -0.2) is 10.9 Å². The lowest BCUT2D eigenvalue weighted by Crippen LogP contribution is -2.33. The van der Waals surface area contributed by atoms with Gasteiger partial charge in [0.25, 0.3) is 5.91 Å². The molecule has 0 unspecified atom stereocenters. The van der Waals surface area contributed by atoms with Gasteiger partial charge in [0.15, 0.2) is 0 Å². The van der Waals surface area contributed by atoms with Crippen molar-refractivity contribution in [2.45, 2.75) is 18.4 Å². The number of hydrogen-bond acceptors (Lipinski definition) is 2. The Hall–Kier alpha value is -1.39. The van der Waals surface area contributed by atoms with Gasteiger partial charge in [0.1, 0.15) is 0 Å². The molecule has 100 valence electrons. The molecule has 1 aliphatic carbocycles. The molecule has 2 aliphatic rings. The molecule has 4 rings (SSSR count). The van der Waals surface area contributed by atoms with Crippen molar-refractivity contribution in [2.75, 3.05) is 4.90 Å². The molecule has 20 heavy (non-hydrogen) atoms. The van der Waals surface area contributed by atoms with E-state index in [2.05, 4.69) is 20.9 Å². The van der Waals surface area contributed by atoms with Gasteiger partial charge in [0.2, 0.25) is 0 Å². The quantitative estimate of drug-likeness (QED) is 0.775. The molecule has 3 nitrogen and oxygen atoms in total. The fraction of sp³-hybridized carbons (Fsp3) is 0.200. The minimum absolute atomic E-state index is 0.0362. The maximum atomic E-state index is 12.7. The van der Waals surface area contributed by atoms with Gasteiger partial charge in [-0.25, -0.2) is 0 Å². The van der Waals surface area contributed by atoms with Crippen molar-refractivity contribution in [3.63, 3.8) is 0 Å². The van der Waals surface area contributed by atoms with E-state index in [1.54, 1.807) is 18.5 Å². The van der Waals surface area contributed by atoms with Gasteiger partial charge in [-0.05, 0) is 58.6 Å². The lowest BCUT2D eigenvalue weighted by molar-refractivity contribution is 0.0989. The first kappa shape index (κ1) is 12.4. The van der Waals surface area contributed by atoms with E-state index in [1.165, 1.54) is 0 Å². The highest BCUT2D eigenvalue weighted by molar-refractivity contribution is 9.10. The number of halogens is 2. The van der Waals surface area contributed by atoms with Crippen LogP contribution in [0.1, 0.15) is 28.8 Å². The van der Waals surface area contributed by atoms with Crippen LogP contribution in [-0.2, 0) is 5.54 Å². The van der Waals surface area contributed by atoms with E-state index in [4.69, 9.17) is 11.6 Å². The van der Waals surface area contributed by atoms with E-state index >= 15 is 0 Å². The molecule has 0 N–H and O–H groups in total. The SMILES string of the molecule is O=C1c2ccc(Cl)cc2C2(CC2)N1c1cncc(Br)c1. The summed E-state index contributed by atoms with van der Waals surface area (Å²) in [6.07, 6.45) is 5.39. The van der Waals surface area contributed by atoms with Crippen molar-refractivity contribution < 1.29 is 4.79 Å². The van der Waals surface area contributed by atoms with Crippen molar-refractivity contribution in [2.24, 2.45) is 0 Å². The smallest absolute Gasteiger partial charge is 0.259 e. The van der Waals surface area contributed by atoms with Gasteiger partial charge in [-0.15, -0.1) is 0 Å². The van der Waals surface area contributed by atoms with Crippen molar-refractivity contribution >= 4 is 39.1 Å². The Morgan fingerprint density at radius 1 is 1.25 bits per heavy atom. The van der Waals surface area contributed by atoms with Crippen LogP contribution in [0.5, 0.6) is 0 Å². The minimum Gasteiger partial charge on any atom is -0.296 e. The zero-order valence-corrected chi connectivity index (χ0v) is 12.8. The molecule has 0 saturated heterocycles. The summed E-state index contributed by atoms with van der Waals surface area (Å²) in [4.78, 5) is 18.8. The molecule has 1 saturated carbocycles. The molecule has 0 atom stereocenters. The third-order valence-electron chi connectivity index (χ3n) is 4.02. The number of nitrogens with zero attached hydrogens (tertiary/aromatic N) is 2. The van der Waals surface area contributed by atoms with Crippen molar-refractivity contribution in [1.29, 1.82) is 0 Å². The number of carbonyl (C=O) groups excluding carboxylic acids is 1. The number of amides is 1. The average Bonchev–Trinajstić information content (AvgIpc) is 3.15. The van der Waals surface area contributed by atoms with Crippen LogP contribution in [0.3, 0.4) is 0 Å². The summed E-state index contributed by atoms with van der Waals surface area (Å²) in [6, 6.07) is 7.45. The molecule has 0 radical (unpaired) electrons. The summed E-state index contributed by atoms with van der Waals surface area (Å²) >= 11 is 9.51. The first-order valence-electron chi connectivity index (χ1n) is 6.37. The van der Waals surface area contributed by atoms with E-state index in [0.29, 0.717) is 5.02 Å². The number of aromatic nitrogens is 1. The third kappa shape index (κ3) is 1.58. The lowest BCUT2D eigenvalue weighted by Gasteiger charge is -2.25. The maximum absolute atomic E-state index is 12.7. The van der Waals surface area contributed by atoms with Crippen LogP contribution in [0.15, 0.2) is 41.1 Å². The van der Waals surface area contributed by atoms with E-state index in [-0.39, 0.29) is 11.4 Å². The Labute approximate surface area is 129 Å². The molecule has 2 aromatic rings. The van der Waals surface area contributed by atoms with Crippen molar-refractivity contribution in [3.8, 4) is 0 Å². The highest BCUT2D eigenvalue weighted by Crippen LogP contribution is 2.58. The van der Waals surface area contributed by atoms with Gasteiger partial charge in [-0.1, -0.05) is 11.6 Å². The highest BCUT2D eigenvalue weighted by atomic mass is 79.9. The van der Waals surface area contributed by atoms with Crippen LogP contribution in [0, 0.1) is 0 Å². The fourth-order valence-electron chi connectivity index (χ4n) is 3.02. The Balaban J connectivity index is 1.90. The van der Waals surface area contributed by atoms with Gasteiger partial charge in [-0.2, -0.15) is 0 Å². The molecular formula is C15H10BrClN2O. The van der Waals surface area contributed by atoms with E-state index in [9.17, 15) is 4.79 Å². The molecular weight excluding hydrogens is 340 g/mol. The summed E-state index contributed by atoms with van der Waals surface area (Å²) in [5, 5.41) is 0.678. The summed E-state index contributed by atoms with van der Waals surface area (Å²) in [5.74, 6) is 0.0362. The summed E-state index contributed by atoms with van der Waals surface area (Å²) in [5.41, 5.74) is 2.43. The summed E-state index contributed by atoms with van der Waals surface area (Å²) in [7, 11) is 0. The summed E-state index contributed by atoms with van der Waals surface area (Å²) in [6.45, 7) is 0. The van der Waals surface area contributed by atoms with Gasteiger partial charge in [0, 0.05) is 21.3 Å². The maximum Gasteiger partial charge on any atom is 0.259 e. The number of carbonyl (C=O) groups is 1. The minimum atomic E-state index is -0.209. The van der Waals surface area contributed by atoms with Crippen LogP contribution in [0.4, 0.5) is 5.69 Å². The standard InChI is InChI=1S/C15H10BrClN2O/c16-9-5-11(8-18-7-9)19-14(20)12-2-1-10(17)6-13(12)15(19)3-4-15/h1-2,5-8H,3-4H2. The van der Waals surface area contributed by atoms with E-state index in [1.807, 2.05) is 23.1 Å². The molecule has 1 amide bonds. The second-order valence-electron chi connectivity index (χ2n) is 5.22. The second kappa shape index (κ2) is 4.06. The predicted molar refractivity (Wildman–Crippen MR) is 81.1 cm³/mol.